The van der Waals surface area contributed by atoms with Crippen molar-refractivity contribution < 1.29 is 9.90 Å². The van der Waals surface area contributed by atoms with Gasteiger partial charge in [0.15, 0.2) is 0 Å². The van der Waals surface area contributed by atoms with Crippen molar-refractivity contribution in [3.63, 3.8) is 0 Å². The fraction of sp³-hybridized carbons (Fsp3) is 0.438. The second-order valence-electron chi connectivity index (χ2n) is 5.95. The van der Waals surface area contributed by atoms with E-state index in [4.69, 9.17) is 0 Å². The fourth-order valence-corrected chi connectivity index (χ4v) is 2.51. The highest BCUT2D eigenvalue weighted by Gasteiger charge is 2.33. The van der Waals surface area contributed by atoms with Crippen LogP contribution in [0.15, 0.2) is 24.4 Å². The number of para-hydroxylation sites is 1. The zero-order valence-electron chi connectivity index (χ0n) is 12.2. The van der Waals surface area contributed by atoms with Crippen molar-refractivity contribution in [3.05, 3.63) is 35.5 Å². The van der Waals surface area contributed by atoms with Gasteiger partial charge < -0.3 is 9.67 Å². The lowest BCUT2D eigenvalue weighted by atomic mass is 9.84. The van der Waals surface area contributed by atoms with Gasteiger partial charge in [0.1, 0.15) is 0 Å². The Hall–Kier alpha value is -1.77. The summed E-state index contributed by atoms with van der Waals surface area (Å²) in [6.45, 7) is 9.82. The minimum absolute atomic E-state index is 0.307. The highest BCUT2D eigenvalue weighted by atomic mass is 16.4. The quantitative estimate of drug-likeness (QED) is 0.908. The summed E-state index contributed by atoms with van der Waals surface area (Å²) in [6.07, 6.45) is 2.00. The van der Waals surface area contributed by atoms with E-state index in [2.05, 4.69) is 31.4 Å². The summed E-state index contributed by atoms with van der Waals surface area (Å²) < 4.78 is 2.17. The molecule has 1 N–H and O–H groups in total. The van der Waals surface area contributed by atoms with Crippen LogP contribution in [0.3, 0.4) is 0 Å². The van der Waals surface area contributed by atoms with Gasteiger partial charge in [0, 0.05) is 17.6 Å². The monoisotopic (exact) mass is 259 g/mol. The first-order valence-electron chi connectivity index (χ1n) is 6.61. The number of carboxylic acid groups (broad SMARTS) is 1. The van der Waals surface area contributed by atoms with E-state index in [0.29, 0.717) is 6.04 Å². The van der Waals surface area contributed by atoms with E-state index in [1.54, 1.807) is 13.8 Å². The molecule has 0 radical (unpaired) electrons. The second kappa shape index (κ2) is 4.41. The molecule has 2 aromatic rings. The molecule has 0 aliphatic carbocycles. The third-order valence-electron chi connectivity index (χ3n) is 3.82. The molecule has 19 heavy (non-hydrogen) atoms. The molecular formula is C16H21NO2. The molecule has 0 unspecified atom stereocenters. The fourth-order valence-electron chi connectivity index (χ4n) is 2.51. The van der Waals surface area contributed by atoms with Crippen molar-refractivity contribution in [3.8, 4) is 0 Å². The normalized spacial score (nSPS) is 12.3. The van der Waals surface area contributed by atoms with Crippen LogP contribution in [0.5, 0.6) is 0 Å². The van der Waals surface area contributed by atoms with E-state index in [1.807, 2.05) is 18.3 Å². The molecule has 0 saturated heterocycles. The van der Waals surface area contributed by atoms with Crippen molar-refractivity contribution in [1.29, 1.82) is 0 Å². The predicted octanol–water partition coefficient (Wildman–Crippen LogP) is 3.89. The van der Waals surface area contributed by atoms with E-state index >= 15 is 0 Å². The number of fused-ring (bicyclic) bond motifs is 1. The van der Waals surface area contributed by atoms with Gasteiger partial charge in [-0.3, -0.25) is 4.79 Å². The lowest BCUT2D eigenvalue weighted by Gasteiger charge is -2.18. The molecule has 2 rings (SSSR count). The van der Waals surface area contributed by atoms with Crippen molar-refractivity contribution >= 4 is 16.9 Å². The first kappa shape index (κ1) is 13.7. The molecule has 102 valence electrons. The van der Waals surface area contributed by atoms with Gasteiger partial charge in [0.25, 0.3) is 0 Å². The molecule has 0 aliphatic heterocycles. The molecule has 0 amide bonds. The molecule has 0 spiro atoms. The molecule has 0 bridgehead atoms. The number of carboxylic acids is 1. The van der Waals surface area contributed by atoms with Crippen LogP contribution in [0.2, 0.25) is 0 Å². The Labute approximate surface area is 113 Å². The van der Waals surface area contributed by atoms with Crippen LogP contribution in [-0.4, -0.2) is 15.6 Å². The van der Waals surface area contributed by atoms with Gasteiger partial charge in [-0.05, 0) is 45.7 Å². The molecule has 3 heteroatoms. The minimum Gasteiger partial charge on any atom is -0.481 e. The number of benzene rings is 1. The first-order valence-corrected chi connectivity index (χ1v) is 6.61. The van der Waals surface area contributed by atoms with Crippen LogP contribution in [0.25, 0.3) is 10.9 Å². The van der Waals surface area contributed by atoms with Crippen LogP contribution < -0.4 is 0 Å². The summed E-state index contributed by atoms with van der Waals surface area (Å²) >= 11 is 0. The number of aryl methyl sites for hydroxylation is 1. The lowest BCUT2D eigenvalue weighted by molar-refractivity contribution is -0.142. The topological polar surface area (TPSA) is 42.2 Å². The highest BCUT2D eigenvalue weighted by molar-refractivity contribution is 5.93. The molecule has 0 atom stereocenters. The van der Waals surface area contributed by atoms with Gasteiger partial charge in [-0.2, -0.15) is 0 Å². The summed E-state index contributed by atoms with van der Waals surface area (Å²) in [6, 6.07) is 6.38. The molecule has 1 heterocycles. The Morgan fingerprint density at radius 1 is 1.32 bits per heavy atom. The van der Waals surface area contributed by atoms with Gasteiger partial charge in [-0.15, -0.1) is 0 Å². The van der Waals surface area contributed by atoms with E-state index < -0.39 is 11.4 Å². The van der Waals surface area contributed by atoms with Crippen LogP contribution in [-0.2, 0) is 10.2 Å². The number of aliphatic carboxylic acids is 1. The predicted molar refractivity (Wildman–Crippen MR) is 77.7 cm³/mol. The Balaban J connectivity index is 2.85. The van der Waals surface area contributed by atoms with Crippen molar-refractivity contribution in [2.45, 2.75) is 46.1 Å². The second-order valence-corrected chi connectivity index (χ2v) is 5.95. The third-order valence-corrected chi connectivity index (χ3v) is 3.82. The van der Waals surface area contributed by atoms with Gasteiger partial charge in [0.05, 0.1) is 10.9 Å². The number of rotatable bonds is 3. The SMILES string of the molecule is Cc1cccc2c(C(C)(C)C(=O)O)cn(C(C)C)c12. The average molecular weight is 259 g/mol. The Bertz CT molecular complexity index is 635. The van der Waals surface area contributed by atoms with Crippen LogP contribution in [0.4, 0.5) is 0 Å². The maximum atomic E-state index is 11.5. The standard InChI is InChI=1S/C16H21NO2/c1-10(2)17-9-13(16(4,5)15(18)19)12-8-6-7-11(3)14(12)17/h6-10H,1-5H3,(H,18,19). The Morgan fingerprint density at radius 2 is 1.95 bits per heavy atom. The van der Waals surface area contributed by atoms with Crippen LogP contribution >= 0.6 is 0 Å². The van der Waals surface area contributed by atoms with Gasteiger partial charge >= 0.3 is 5.97 Å². The Morgan fingerprint density at radius 3 is 2.47 bits per heavy atom. The van der Waals surface area contributed by atoms with Gasteiger partial charge in [-0.1, -0.05) is 18.2 Å². The smallest absolute Gasteiger partial charge is 0.313 e. The molecule has 3 nitrogen and oxygen atoms in total. The van der Waals surface area contributed by atoms with Crippen LogP contribution in [0, 0.1) is 6.92 Å². The van der Waals surface area contributed by atoms with E-state index in [-0.39, 0.29) is 0 Å². The molecule has 0 aliphatic rings. The van der Waals surface area contributed by atoms with E-state index in [9.17, 15) is 9.90 Å². The summed E-state index contributed by atoms with van der Waals surface area (Å²) in [7, 11) is 0. The molecule has 0 fully saturated rings. The third kappa shape index (κ3) is 2.03. The summed E-state index contributed by atoms with van der Waals surface area (Å²) in [5.41, 5.74) is 2.32. The van der Waals surface area contributed by atoms with E-state index in [1.165, 1.54) is 5.56 Å². The minimum atomic E-state index is -0.883. The summed E-state index contributed by atoms with van der Waals surface area (Å²) in [5.74, 6) is -0.795. The largest absolute Gasteiger partial charge is 0.481 e. The molecular weight excluding hydrogens is 238 g/mol. The number of aromatic nitrogens is 1. The number of hydrogen-bond donors (Lipinski definition) is 1. The number of hydrogen-bond acceptors (Lipinski definition) is 1. The highest BCUT2D eigenvalue weighted by Crippen LogP contribution is 2.35. The van der Waals surface area contributed by atoms with Gasteiger partial charge in [0.2, 0.25) is 0 Å². The first-order chi connectivity index (χ1) is 8.76. The molecule has 1 aromatic heterocycles. The van der Waals surface area contributed by atoms with Crippen molar-refractivity contribution in [2.24, 2.45) is 0 Å². The summed E-state index contributed by atoms with van der Waals surface area (Å²) in [5, 5.41) is 10.5. The van der Waals surface area contributed by atoms with E-state index in [0.717, 1.165) is 16.5 Å². The zero-order chi connectivity index (χ0) is 14.4. The molecule has 1 aromatic carbocycles. The zero-order valence-corrected chi connectivity index (χ0v) is 12.2. The lowest BCUT2D eigenvalue weighted by Crippen LogP contribution is -2.28. The van der Waals surface area contributed by atoms with Gasteiger partial charge in [-0.25, -0.2) is 0 Å². The number of carbonyl (C=O) groups is 1. The average Bonchev–Trinajstić information content (AvgIpc) is 2.70. The Kier molecular flexibility index (Phi) is 3.17. The number of nitrogens with zero attached hydrogens (tertiary/aromatic N) is 1. The molecule has 0 saturated carbocycles. The maximum Gasteiger partial charge on any atom is 0.313 e. The van der Waals surface area contributed by atoms with Crippen molar-refractivity contribution in [1.82, 2.24) is 4.57 Å². The van der Waals surface area contributed by atoms with Crippen LogP contribution in [0.1, 0.15) is 44.9 Å². The maximum absolute atomic E-state index is 11.5. The summed E-state index contributed by atoms with van der Waals surface area (Å²) in [4.78, 5) is 11.5. The van der Waals surface area contributed by atoms with Crippen molar-refractivity contribution in [2.75, 3.05) is 0 Å².